The molecule has 23 heavy (non-hydrogen) atoms. The maximum atomic E-state index is 13.2. The fraction of sp³-hybridized carbons (Fsp3) is 0.294. The summed E-state index contributed by atoms with van der Waals surface area (Å²) in [5.74, 6) is -1.62. The van der Waals surface area contributed by atoms with E-state index in [0.29, 0.717) is 24.2 Å². The van der Waals surface area contributed by atoms with E-state index < -0.39 is 23.9 Å². The van der Waals surface area contributed by atoms with Gasteiger partial charge in [0.15, 0.2) is 6.04 Å². The molecule has 0 bridgehead atoms. The minimum Gasteiger partial charge on any atom is -0.480 e. The van der Waals surface area contributed by atoms with E-state index in [0.717, 1.165) is 0 Å². The fourth-order valence-electron chi connectivity index (χ4n) is 3.17. The van der Waals surface area contributed by atoms with Gasteiger partial charge >= 0.3 is 5.97 Å². The van der Waals surface area contributed by atoms with Crippen molar-refractivity contribution in [3.05, 3.63) is 59.7 Å². The SMILES string of the molecule is CCCN1C(=O)c2cccn2[C@H](C(=O)O)[C@H]1c1ccc(F)cc1. The molecule has 1 aromatic carbocycles. The van der Waals surface area contributed by atoms with Gasteiger partial charge in [0.1, 0.15) is 11.5 Å². The molecule has 2 heterocycles. The lowest BCUT2D eigenvalue weighted by Crippen LogP contribution is -2.47. The number of carboxylic acid groups (broad SMARTS) is 1. The smallest absolute Gasteiger partial charge is 0.329 e. The summed E-state index contributed by atoms with van der Waals surface area (Å²) in [5, 5.41) is 9.73. The van der Waals surface area contributed by atoms with Crippen LogP contribution < -0.4 is 0 Å². The molecule has 0 aliphatic carbocycles. The minimum absolute atomic E-state index is 0.205. The third kappa shape index (κ3) is 2.50. The predicted molar refractivity (Wildman–Crippen MR) is 81.6 cm³/mol. The van der Waals surface area contributed by atoms with Crippen LogP contribution in [0.4, 0.5) is 4.39 Å². The number of nitrogens with zero attached hydrogens (tertiary/aromatic N) is 2. The fourth-order valence-corrected chi connectivity index (χ4v) is 3.17. The number of hydrogen-bond donors (Lipinski definition) is 1. The molecule has 1 aromatic heterocycles. The van der Waals surface area contributed by atoms with Crippen molar-refractivity contribution < 1.29 is 19.1 Å². The van der Waals surface area contributed by atoms with Crippen molar-refractivity contribution >= 4 is 11.9 Å². The van der Waals surface area contributed by atoms with Crippen LogP contribution in [0.15, 0.2) is 42.6 Å². The number of benzene rings is 1. The Morgan fingerprint density at radius 3 is 2.57 bits per heavy atom. The summed E-state index contributed by atoms with van der Waals surface area (Å²) in [7, 11) is 0. The van der Waals surface area contributed by atoms with Crippen molar-refractivity contribution in [1.29, 1.82) is 0 Å². The number of carbonyl (C=O) groups excluding carboxylic acids is 1. The first-order valence-corrected chi connectivity index (χ1v) is 7.50. The van der Waals surface area contributed by atoms with Crippen LogP contribution >= 0.6 is 0 Å². The second-order valence-corrected chi connectivity index (χ2v) is 5.58. The summed E-state index contributed by atoms with van der Waals surface area (Å²) < 4.78 is 14.7. The van der Waals surface area contributed by atoms with Gasteiger partial charge in [-0.25, -0.2) is 9.18 Å². The molecule has 1 aliphatic heterocycles. The van der Waals surface area contributed by atoms with Crippen LogP contribution in [-0.2, 0) is 4.79 Å². The molecule has 120 valence electrons. The number of carbonyl (C=O) groups is 2. The number of carboxylic acids is 1. The summed E-state index contributed by atoms with van der Waals surface area (Å²) in [6.07, 6.45) is 2.31. The number of aliphatic carboxylic acids is 1. The standard InChI is InChI=1S/C17H17FN2O3/c1-2-9-20-14(11-5-7-12(18)8-6-11)15(17(22)23)19-10-3-4-13(19)16(20)21/h3-8,10,14-15H,2,9H2,1H3,(H,22,23)/t14-,15+/m1/s1. The summed E-state index contributed by atoms with van der Waals surface area (Å²) in [5.41, 5.74) is 0.976. The third-order valence-electron chi connectivity index (χ3n) is 4.12. The maximum Gasteiger partial charge on any atom is 0.329 e. The Morgan fingerprint density at radius 1 is 1.26 bits per heavy atom. The van der Waals surface area contributed by atoms with Gasteiger partial charge in [-0.1, -0.05) is 19.1 Å². The Hall–Kier alpha value is -2.63. The first-order valence-electron chi connectivity index (χ1n) is 7.50. The average molecular weight is 316 g/mol. The van der Waals surface area contributed by atoms with E-state index in [4.69, 9.17) is 0 Å². The zero-order chi connectivity index (χ0) is 16.6. The third-order valence-corrected chi connectivity index (χ3v) is 4.12. The van der Waals surface area contributed by atoms with Crippen molar-refractivity contribution in [2.24, 2.45) is 0 Å². The maximum absolute atomic E-state index is 13.2. The lowest BCUT2D eigenvalue weighted by molar-refractivity contribution is -0.143. The monoisotopic (exact) mass is 316 g/mol. The van der Waals surface area contributed by atoms with E-state index in [1.165, 1.54) is 16.7 Å². The Balaban J connectivity index is 2.16. The van der Waals surface area contributed by atoms with E-state index >= 15 is 0 Å². The molecule has 0 saturated carbocycles. The van der Waals surface area contributed by atoms with Gasteiger partial charge in [0.05, 0.1) is 6.04 Å². The van der Waals surface area contributed by atoms with E-state index in [-0.39, 0.29) is 5.91 Å². The molecule has 0 spiro atoms. The van der Waals surface area contributed by atoms with E-state index in [1.54, 1.807) is 35.4 Å². The zero-order valence-electron chi connectivity index (χ0n) is 12.6. The highest BCUT2D eigenvalue weighted by molar-refractivity contribution is 5.95. The number of fused-ring (bicyclic) bond motifs is 1. The highest BCUT2D eigenvalue weighted by Crippen LogP contribution is 2.38. The number of hydrogen-bond acceptors (Lipinski definition) is 2. The summed E-state index contributed by atoms with van der Waals surface area (Å²) >= 11 is 0. The molecule has 1 aliphatic rings. The highest BCUT2D eigenvalue weighted by atomic mass is 19.1. The summed E-state index contributed by atoms with van der Waals surface area (Å²) in [4.78, 5) is 26.2. The Morgan fingerprint density at radius 2 is 1.96 bits per heavy atom. The van der Waals surface area contributed by atoms with E-state index in [1.807, 2.05) is 6.92 Å². The van der Waals surface area contributed by atoms with Crippen LogP contribution in [0.2, 0.25) is 0 Å². The van der Waals surface area contributed by atoms with Crippen molar-refractivity contribution in [3.8, 4) is 0 Å². The van der Waals surface area contributed by atoms with Crippen molar-refractivity contribution in [2.75, 3.05) is 6.54 Å². The van der Waals surface area contributed by atoms with Crippen molar-refractivity contribution in [1.82, 2.24) is 9.47 Å². The molecule has 2 atom stereocenters. The molecule has 0 saturated heterocycles. The van der Waals surface area contributed by atoms with Gasteiger partial charge < -0.3 is 14.6 Å². The van der Waals surface area contributed by atoms with Gasteiger partial charge in [-0.05, 0) is 36.2 Å². The molecule has 2 aromatic rings. The number of amides is 1. The first kappa shape index (κ1) is 15.3. The molecule has 6 heteroatoms. The number of halogens is 1. The van der Waals surface area contributed by atoms with Crippen molar-refractivity contribution in [3.63, 3.8) is 0 Å². The average Bonchev–Trinajstić information content (AvgIpc) is 3.00. The van der Waals surface area contributed by atoms with Crippen LogP contribution in [0.1, 0.15) is 41.5 Å². The van der Waals surface area contributed by atoms with Gasteiger partial charge in [-0.15, -0.1) is 0 Å². The number of aromatic nitrogens is 1. The molecule has 0 fully saturated rings. The van der Waals surface area contributed by atoms with Gasteiger partial charge in [0, 0.05) is 12.7 Å². The quantitative estimate of drug-likeness (QED) is 0.943. The minimum atomic E-state index is -1.02. The van der Waals surface area contributed by atoms with Gasteiger partial charge in [-0.2, -0.15) is 0 Å². The first-order chi connectivity index (χ1) is 11.0. The predicted octanol–water partition coefficient (Wildman–Crippen LogP) is 2.86. The highest BCUT2D eigenvalue weighted by Gasteiger charge is 2.43. The van der Waals surface area contributed by atoms with Gasteiger partial charge in [0.25, 0.3) is 5.91 Å². The second-order valence-electron chi connectivity index (χ2n) is 5.58. The molecular formula is C17H17FN2O3. The molecule has 1 N–H and O–H groups in total. The van der Waals surface area contributed by atoms with Gasteiger partial charge in [-0.3, -0.25) is 4.79 Å². The normalized spacial score (nSPS) is 20.4. The lowest BCUT2D eigenvalue weighted by atomic mass is 9.94. The van der Waals surface area contributed by atoms with E-state index in [2.05, 4.69) is 0 Å². The topological polar surface area (TPSA) is 62.5 Å². The zero-order valence-corrected chi connectivity index (χ0v) is 12.6. The Labute approximate surface area is 132 Å². The largest absolute Gasteiger partial charge is 0.480 e. The van der Waals surface area contributed by atoms with Crippen molar-refractivity contribution in [2.45, 2.75) is 25.4 Å². The lowest BCUT2D eigenvalue weighted by Gasteiger charge is -2.40. The molecule has 3 rings (SSSR count). The van der Waals surface area contributed by atoms with Crippen LogP contribution in [0.25, 0.3) is 0 Å². The van der Waals surface area contributed by atoms with Crippen LogP contribution in [-0.4, -0.2) is 33.0 Å². The number of rotatable bonds is 4. The molecular weight excluding hydrogens is 299 g/mol. The summed E-state index contributed by atoms with van der Waals surface area (Å²) in [6, 6.07) is 7.35. The molecule has 5 nitrogen and oxygen atoms in total. The molecule has 0 radical (unpaired) electrons. The Kier molecular flexibility index (Phi) is 3.90. The van der Waals surface area contributed by atoms with Crippen LogP contribution in [0, 0.1) is 5.82 Å². The Bertz CT molecular complexity index is 739. The van der Waals surface area contributed by atoms with Crippen LogP contribution in [0.3, 0.4) is 0 Å². The molecule has 1 amide bonds. The molecule has 0 unspecified atom stereocenters. The van der Waals surface area contributed by atoms with E-state index in [9.17, 15) is 19.1 Å². The second kappa shape index (κ2) is 5.87. The summed E-state index contributed by atoms with van der Waals surface area (Å²) in [6.45, 7) is 2.37. The van der Waals surface area contributed by atoms with Gasteiger partial charge in [0.2, 0.25) is 0 Å². The van der Waals surface area contributed by atoms with Crippen LogP contribution in [0.5, 0.6) is 0 Å².